The van der Waals surface area contributed by atoms with E-state index in [1.165, 1.54) is 0 Å². The minimum absolute atomic E-state index is 0.393. The van der Waals surface area contributed by atoms with Gasteiger partial charge in [-0.05, 0) is 26.7 Å². The van der Waals surface area contributed by atoms with Crippen LogP contribution >= 0.6 is 11.8 Å². The van der Waals surface area contributed by atoms with Crippen molar-refractivity contribution in [2.75, 3.05) is 18.1 Å². The van der Waals surface area contributed by atoms with E-state index >= 15 is 0 Å². The van der Waals surface area contributed by atoms with E-state index in [9.17, 15) is 0 Å². The van der Waals surface area contributed by atoms with Crippen LogP contribution in [-0.4, -0.2) is 36.3 Å². The van der Waals surface area contributed by atoms with E-state index < -0.39 is 0 Å². The molecule has 1 saturated heterocycles. The smallest absolute Gasteiger partial charge is 0.0565 e. The van der Waals surface area contributed by atoms with Gasteiger partial charge in [0, 0.05) is 18.3 Å². The van der Waals surface area contributed by atoms with Gasteiger partial charge in [0.05, 0.1) is 18.0 Å². The molecular weight excluding hydrogens is 206 g/mol. The summed E-state index contributed by atoms with van der Waals surface area (Å²) in [5, 5.41) is 3.57. The number of rotatable bonds is 5. The second kappa shape index (κ2) is 7.16. The molecule has 1 aliphatic rings. The van der Waals surface area contributed by atoms with Crippen molar-refractivity contribution in [1.29, 1.82) is 0 Å². The first kappa shape index (κ1) is 12.9. The van der Waals surface area contributed by atoms with Gasteiger partial charge in [-0.1, -0.05) is 5.92 Å². The molecule has 0 aromatic heterocycles. The molecular formula is C12H21NOS. The number of nitrogens with one attached hydrogen (secondary N) is 1. The van der Waals surface area contributed by atoms with E-state index in [0.29, 0.717) is 18.2 Å². The van der Waals surface area contributed by atoms with Gasteiger partial charge in [-0.15, -0.1) is 18.2 Å². The van der Waals surface area contributed by atoms with Crippen molar-refractivity contribution in [2.45, 2.75) is 44.9 Å². The molecule has 0 bridgehead atoms. The molecule has 0 saturated carbocycles. The normalized spacial score (nSPS) is 31.1. The fraction of sp³-hybridized carbons (Fsp3) is 0.833. The summed E-state index contributed by atoms with van der Waals surface area (Å²) in [7, 11) is 0. The average Bonchev–Trinajstić information content (AvgIpc) is 2.16. The minimum Gasteiger partial charge on any atom is -0.375 e. The van der Waals surface area contributed by atoms with Gasteiger partial charge in [-0.25, -0.2) is 0 Å². The largest absolute Gasteiger partial charge is 0.375 e. The van der Waals surface area contributed by atoms with Gasteiger partial charge in [0.15, 0.2) is 0 Å². The molecule has 0 spiro atoms. The Bertz CT molecular complexity index is 204. The highest BCUT2D eigenvalue weighted by atomic mass is 32.2. The maximum Gasteiger partial charge on any atom is 0.0565 e. The summed E-state index contributed by atoms with van der Waals surface area (Å²) in [6.45, 7) is 5.35. The van der Waals surface area contributed by atoms with E-state index in [1.807, 2.05) is 11.8 Å². The molecule has 1 rings (SSSR count). The zero-order valence-corrected chi connectivity index (χ0v) is 10.5. The quantitative estimate of drug-likeness (QED) is 0.572. The first-order valence-corrected chi connectivity index (χ1v) is 6.78. The highest BCUT2D eigenvalue weighted by Crippen LogP contribution is 2.18. The number of hydrogen-bond donors (Lipinski definition) is 1. The van der Waals surface area contributed by atoms with Crippen molar-refractivity contribution in [2.24, 2.45) is 0 Å². The van der Waals surface area contributed by atoms with Crippen LogP contribution in [0.4, 0.5) is 0 Å². The molecule has 0 aliphatic carbocycles. The van der Waals surface area contributed by atoms with Crippen molar-refractivity contribution >= 4 is 11.8 Å². The fourth-order valence-electron chi connectivity index (χ4n) is 2.04. The standard InChI is InChI=1S/C12H21NOS/c1-4-6-15-7-5-13-12-8-10(2)14-11(3)9-12/h1,10-13H,5-9H2,2-3H3. The van der Waals surface area contributed by atoms with E-state index in [0.717, 1.165) is 30.9 Å². The summed E-state index contributed by atoms with van der Waals surface area (Å²) in [5.74, 6) is 4.56. The van der Waals surface area contributed by atoms with Crippen LogP contribution in [0.1, 0.15) is 26.7 Å². The van der Waals surface area contributed by atoms with Gasteiger partial charge >= 0.3 is 0 Å². The van der Waals surface area contributed by atoms with Crippen molar-refractivity contribution in [3.05, 3.63) is 0 Å². The molecule has 1 fully saturated rings. The highest BCUT2D eigenvalue weighted by Gasteiger charge is 2.23. The summed E-state index contributed by atoms with van der Waals surface area (Å²) in [6, 6.07) is 0.621. The lowest BCUT2D eigenvalue weighted by Crippen LogP contribution is -2.42. The molecule has 1 heterocycles. The zero-order chi connectivity index (χ0) is 11.1. The molecule has 0 aromatic carbocycles. The molecule has 0 radical (unpaired) electrons. The Labute approximate surface area is 97.5 Å². The van der Waals surface area contributed by atoms with Gasteiger partial charge in [-0.2, -0.15) is 0 Å². The van der Waals surface area contributed by atoms with Crippen LogP contribution in [-0.2, 0) is 4.74 Å². The molecule has 2 atom stereocenters. The minimum atomic E-state index is 0.393. The number of ether oxygens (including phenoxy) is 1. The number of terminal acetylenes is 1. The SMILES string of the molecule is C#CCSCCNC1CC(C)OC(C)C1. The summed E-state index contributed by atoms with van der Waals surface area (Å²) < 4.78 is 5.69. The summed E-state index contributed by atoms with van der Waals surface area (Å²) in [5.41, 5.74) is 0. The molecule has 2 nitrogen and oxygen atoms in total. The van der Waals surface area contributed by atoms with Crippen LogP contribution in [0.5, 0.6) is 0 Å². The maximum atomic E-state index is 5.69. The van der Waals surface area contributed by atoms with Crippen LogP contribution in [0.2, 0.25) is 0 Å². The highest BCUT2D eigenvalue weighted by molar-refractivity contribution is 7.99. The lowest BCUT2D eigenvalue weighted by molar-refractivity contribution is -0.0417. The van der Waals surface area contributed by atoms with Crippen LogP contribution in [0.15, 0.2) is 0 Å². The predicted molar refractivity (Wildman–Crippen MR) is 67.2 cm³/mol. The second-order valence-electron chi connectivity index (χ2n) is 4.14. The van der Waals surface area contributed by atoms with Crippen LogP contribution in [0.3, 0.4) is 0 Å². The molecule has 15 heavy (non-hydrogen) atoms. The van der Waals surface area contributed by atoms with Crippen molar-refractivity contribution in [3.8, 4) is 12.3 Å². The van der Waals surface area contributed by atoms with Crippen LogP contribution < -0.4 is 5.32 Å². The third-order valence-corrected chi connectivity index (χ3v) is 3.43. The Balaban J connectivity index is 2.08. The molecule has 1 N–H and O–H groups in total. The van der Waals surface area contributed by atoms with E-state index in [4.69, 9.17) is 11.2 Å². The molecule has 2 unspecified atom stereocenters. The summed E-state index contributed by atoms with van der Waals surface area (Å²) in [4.78, 5) is 0. The third-order valence-electron chi connectivity index (χ3n) is 2.56. The molecule has 0 aromatic rings. The third kappa shape index (κ3) is 5.46. The van der Waals surface area contributed by atoms with Crippen LogP contribution in [0.25, 0.3) is 0 Å². The number of hydrogen-bond acceptors (Lipinski definition) is 3. The summed E-state index contributed by atoms with van der Waals surface area (Å²) >= 11 is 1.81. The van der Waals surface area contributed by atoms with Gasteiger partial charge in [0.2, 0.25) is 0 Å². The van der Waals surface area contributed by atoms with Crippen molar-refractivity contribution in [1.82, 2.24) is 5.32 Å². The fourth-order valence-corrected chi connectivity index (χ4v) is 2.56. The average molecular weight is 227 g/mol. The molecule has 0 amide bonds. The Morgan fingerprint density at radius 3 is 2.67 bits per heavy atom. The van der Waals surface area contributed by atoms with Crippen molar-refractivity contribution in [3.63, 3.8) is 0 Å². The van der Waals surface area contributed by atoms with E-state index in [1.54, 1.807) is 0 Å². The van der Waals surface area contributed by atoms with Gasteiger partial charge < -0.3 is 10.1 Å². The Kier molecular flexibility index (Phi) is 6.16. The van der Waals surface area contributed by atoms with E-state index in [-0.39, 0.29) is 0 Å². The Hall–Kier alpha value is -0.170. The zero-order valence-electron chi connectivity index (χ0n) is 9.66. The Morgan fingerprint density at radius 1 is 1.40 bits per heavy atom. The molecule has 3 heteroatoms. The Morgan fingerprint density at radius 2 is 2.07 bits per heavy atom. The maximum absolute atomic E-state index is 5.69. The van der Waals surface area contributed by atoms with E-state index in [2.05, 4.69) is 25.1 Å². The molecule has 86 valence electrons. The molecule has 1 aliphatic heterocycles. The lowest BCUT2D eigenvalue weighted by Gasteiger charge is -2.32. The monoisotopic (exact) mass is 227 g/mol. The predicted octanol–water partition coefficient (Wildman–Crippen LogP) is 1.90. The summed E-state index contributed by atoms with van der Waals surface area (Å²) in [6.07, 6.45) is 8.23. The lowest BCUT2D eigenvalue weighted by atomic mass is 10.00. The first-order chi connectivity index (χ1) is 7.22. The van der Waals surface area contributed by atoms with Crippen LogP contribution in [0, 0.1) is 12.3 Å². The second-order valence-corrected chi connectivity index (χ2v) is 5.24. The van der Waals surface area contributed by atoms with Crippen molar-refractivity contribution < 1.29 is 4.74 Å². The van der Waals surface area contributed by atoms with Gasteiger partial charge in [0.1, 0.15) is 0 Å². The number of thioether (sulfide) groups is 1. The first-order valence-electron chi connectivity index (χ1n) is 5.62. The van der Waals surface area contributed by atoms with Gasteiger partial charge in [0.25, 0.3) is 0 Å². The topological polar surface area (TPSA) is 21.3 Å². The van der Waals surface area contributed by atoms with Gasteiger partial charge in [-0.3, -0.25) is 0 Å².